The van der Waals surface area contributed by atoms with Crippen molar-refractivity contribution in [1.29, 1.82) is 5.26 Å². The fourth-order valence-electron chi connectivity index (χ4n) is 3.92. The normalized spacial score (nSPS) is 15.9. The summed E-state index contributed by atoms with van der Waals surface area (Å²) in [6, 6.07) is 12.9. The predicted molar refractivity (Wildman–Crippen MR) is 138 cm³/mol. The number of ether oxygens (including phenoxy) is 3. The van der Waals surface area contributed by atoms with Crippen LogP contribution in [0.15, 0.2) is 36.4 Å². The van der Waals surface area contributed by atoms with E-state index >= 15 is 0 Å². The zero-order valence-corrected chi connectivity index (χ0v) is 23.3. The molecule has 3 rings (SSSR count). The molecule has 0 bridgehead atoms. The van der Waals surface area contributed by atoms with Crippen molar-refractivity contribution in [2.75, 3.05) is 27.3 Å². The summed E-state index contributed by atoms with van der Waals surface area (Å²) < 4.78 is 17.4. The number of rotatable bonds is 7. The number of nitriles is 1. The summed E-state index contributed by atoms with van der Waals surface area (Å²) in [5, 5.41) is 12.4. The Kier molecular flexibility index (Phi) is 9.28. The van der Waals surface area contributed by atoms with Gasteiger partial charge in [0.15, 0.2) is 0 Å². The topological polar surface area (TPSA) is 101 Å². The Hall–Kier alpha value is -3.17. The number of nitrogens with one attached hydrogen (secondary N) is 1. The van der Waals surface area contributed by atoms with Crippen LogP contribution in [0, 0.1) is 11.3 Å². The fraction of sp³-hybridized carbons (Fsp3) is 0.444. The molecule has 1 aliphatic heterocycles. The molecule has 1 N–H and O–H groups in total. The Bertz CT molecular complexity index is 1140. The van der Waals surface area contributed by atoms with Crippen molar-refractivity contribution in [3.8, 4) is 17.6 Å². The van der Waals surface area contributed by atoms with Gasteiger partial charge >= 0.3 is 220 Å². The van der Waals surface area contributed by atoms with Crippen LogP contribution in [0.5, 0.6) is 11.5 Å². The second-order valence-corrected chi connectivity index (χ2v) is 12.7. The van der Waals surface area contributed by atoms with Crippen LogP contribution >= 0.6 is 0 Å². The molecule has 1 atom stereocenters. The summed E-state index contributed by atoms with van der Waals surface area (Å²) in [5.41, 5.74) is 1.29. The third-order valence-electron chi connectivity index (χ3n) is 5.64. The molecule has 0 spiro atoms. The zero-order valence-electron chi connectivity index (χ0n) is 21.5. The quantitative estimate of drug-likeness (QED) is 0.525. The Labute approximate surface area is 219 Å². The van der Waals surface area contributed by atoms with E-state index in [-0.39, 0.29) is 16.7 Å². The van der Waals surface area contributed by atoms with Crippen LogP contribution in [0.4, 0.5) is 4.79 Å². The molecule has 1 unspecified atom stereocenters. The summed E-state index contributed by atoms with van der Waals surface area (Å²) in [6.07, 6.45) is 1.60. The molecule has 36 heavy (non-hydrogen) atoms. The number of benzene rings is 2. The third kappa shape index (κ3) is 7.41. The first-order valence-electron chi connectivity index (χ1n) is 11.9. The Morgan fingerprint density at radius 3 is 2.56 bits per heavy atom. The average molecular weight is 554 g/mol. The first kappa shape index (κ1) is 27.4. The summed E-state index contributed by atoms with van der Waals surface area (Å²) in [7, 11) is 3.14. The number of likely N-dealkylation sites (tertiary alicyclic amines) is 1. The molecule has 1 radical (unpaired) electrons. The number of methoxy groups -OCH3 is 2. The predicted octanol–water partition coefficient (Wildman–Crippen LogP) is 3.65. The molecule has 191 valence electrons. The minimum absolute atomic E-state index is 0.230. The van der Waals surface area contributed by atoms with Gasteiger partial charge in [-0.2, -0.15) is 0 Å². The van der Waals surface area contributed by atoms with Gasteiger partial charge in [0.2, 0.25) is 0 Å². The van der Waals surface area contributed by atoms with Gasteiger partial charge in [0, 0.05) is 0 Å². The fourth-order valence-corrected chi connectivity index (χ4v) is 6.96. The molecule has 9 heteroatoms. The number of hydrogen-bond donors (Lipinski definition) is 1. The molecular formula is C27H33AsN3O5. The molecule has 8 nitrogen and oxygen atoms in total. The molecule has 2 aromatic rings. The Balaban J connectivity index is 1.72. The second-order valence-electron chi connectivity index (χ2n) is 9.57. The van der Waals surface area contributed by atoms with Gasteiger partial charge in [-0.3, -0.25) is 0 Å². The van der Waals surface area contributed by atoms with Crippen molar-refractivity contribution >= 4 is 32.1 Å². The van der Waals surface area contributed by atoms with Crippen LogP contribution in [0.2, 0.25) is 4.71 Å². The zero-order chi connectivity index (χ0) is 26.3. The molecule has 1 aliphatic rings. The van der Waals surface area contributed by atoms with Crippen LogP contribution in [0.1, 0.15) is 55.1 Å². The van der Waals surface area contributed by atoms with Gasteiger partial charge in [-0.05, 0) is 0 Å². The van der Waals surface area contributed by atoms with E-state index in [2.05, 4.69) is 11.4 Å². The van der Waals surface area contributed by atoms with E-state index in [4.69, 9.17) is 14.2 Å². The average Bonchev–Trinajstić information content (AvgIpc) is 2.86. The maximum absolute atomic E-state index is 13.2. The molecule has 1 saturated heterocycles. The van der Waals surface area contributed by atoms with Crippen LogP contribution in [-0.4, -0.2) is 65.6 Å². The van der Waals surface area contributed by atoms with E-state index < -0.39 is 21.4 Å². The summed E-state index contributed by atoms with van der Waals surface area (Å²) >= 11 is -0.412. The summed E-state index contributed by atoms with van der Waals surface area (Å²) in [5.74, 6) is 0.980. The van der Waals surface area contributed by atoms with Gasteiger partial charge in [-0.15, -0.1) is 0 Å². The van der Waals surface area contributed by atoms with Crippen LogP contribution in [-0.2, 0) is 11.3 Å². The van der Waals surface area contributed by atoms with Crippen molar-refractivity contribution in [3.05, 3.63) is 53.1 Å². The third-order valence-corrected chi connectivity index (χ3v) is 8.69. The first-order valence-corrected chi connectivity index (χ1v) is 13.9. The number of nitrogens with zero attached hydrogens (tertiary/aromatic N) is 2. The summed E-state index contributed by atoms with van der Waals surface area (Å²) in [4.78, 5) is 27.6. The number of carbonyl (C=O) groups excluding carboxylic acids is 2. The Morgan fingerprint density at radius 1 is 1.14 bits per heavy atom. The molecule has 1 fully saturated rings. The van der Waals surface area contributed by atoms with Gasteiger partial charge in [0.1, 0.15) is 0 Å². The van der Waals surface area contributed by atoms with Crippen molar-refractivity contribution in [1.82, 2.24) is 10.2 Å². The molecular weight excluding hydrogens is 521 g/mol. The molecule has 1 heterocycles. The second kappa shape index (κ2) is 12.2. The van der Waals surface area contributed by atoms with E-state index in [1.54, 1.807) is 37.3 Å². The van der Waals surface area contributed by atoms with Gasteiger partial charge in [-0.1, -0.05) is 0 Å². The van der Waals surface area contributed by atoms with Crippen molar-refractivity contribution < 1.29 is 23.8 Å². The molecule has 2 aromatic carbocycles. The Morgan fingerprint density at radius 2 is 1.89 bits per heavy atom. The first-order chi connectivity index (χ1) is 17.1. The van der Waals surface area contributed by atoms with E-state index in [0.29, 0.717) is 42.3 Å². The van der Waals surface area contributed by atoms with E-state index in [1.165, 1.54) is 0 Å². The molecule has 2 amide bonds. The minimum atomic E-state index is -0.538. The van der Waals surface area contributed by atoms with Crippen molar-refractivity contribution in [2.45, 2.75) is 50.5 Å². The SMILES string of the molecule is COc1ccc(CNC(=O)c2cc(C#N)ccc2[As]C2CCCN(C(=O)OC(C)(C)C)C2)cc1OC. The van der Waals surface area contributed by atoms with Crippen LogP contribution < -0.4 is 19.1 Å². The number of hydrogen-bond acceptors (Lipinski definition) is 6. The van der Waals surface area contributed by atoms with Gasteiger partial charge in [0.05, 0.1) is 0 Å². The molecule has 0 aliphatic carbocycles. The van der Waals surface area contributed by atoms with Crippen molar-refractivity contribution in [3.63, 3.8) is 0 Å². The number of carbonyl (C=O) groups is 2. The maximum atomic E-state index is 13.2. The standard InChI is InChI=1S/C27H33AsN3O5/c1-27(2,3)36-26(33)31-12-6-7-20(17-31)28-22-10-8-18(15-29)13-21(22)25(32)30-16-19-9-11-23(34-4)24(14-19)35-5/h8-11,13-14,20H,6-7,12,16-17H2,1-5H3,(H,30,32). The summed E-state index contributed by atoms with van der Waals surface area (Å²) in [6.45, 7) is 7.19. The van der Waals surface area contributed by atoms with Gasteiger partial charge in [-0.25, -0.2) is 0 Å². The monoisotopic (exact) mass is 554 g/mol. The molecule has 0 aromatic heterocycles. The number of amides is 2. The van der Waals surface area contributed by atoms with E-state index in [1.807, 2.05) is 39.0 Å². The van der Waals surface area contributed by atoms with Gasteiger partial charge < -0.3 is 0 Å². The van der Waals surface area contributed by atoms with Gasteiger partial charge in [0.25, 0.3) is 0 Å². The number of piperidine rings is 1. The molecule has 0 saturated carbocycles. The van der Waals surface area contributed by atoms with E-state index in [9.17, 15) is 14.9 Å². The van der Waals surface area contributed by atoms with E-state index in [0.717, 1.165) is 22.8 Å². The van der Waals surface area contributed by atoms with Crippen LogP contribution in [0.3, 0.4) is 0 Å². The van der Waals surface area contributed by atoms with Crippen LogP contribution in [0.25, 0.3) is 0 Å². The van der Waals surface area contributed by atoms with Crippen molar-refractivity contribution in [2.24, 2.45) is 0 Å².